The monoisotopic (exact) mass is 365 g/mol. The van der Waals surface area contributed by atoms with Gasteiger partial charge in [-0.1, -0.05) is 11.6 Å². The van der Waals surface area contributed by atoms with Gasteiger partial charge in [-0.05, 0) is 38.3 Å². The van der Waals surface area contributed by atoms with Gasteiger partial charge in [0.05, 0.1) is 5.02 Å². The third-order valence-corrected chi connectivity index (χ3v) is 4.78. The molecule has 136 valence electrons. The first-order valence-electron chi connectivity index (χ1n) is 8.80. The number of carbonyl (C=O) groups excluding carboxylic acids is 1. The Kier molecular flexibility index (Phi) is 6.09. The van der Waals surface area contributed by atoms with E-state index in [4.69, 9.17) is 16.3 Å². The molecule has 0 unspecified atom stereocenters. The number of ether oxygens (including phenoxy) is 1. The van der Waals surface area contributed by atoms with Crippen molar-refractivity contribution in [2.24, 2.45) is 5.92 Å². The summed E-state index contributed by atoms with van der Waals surface area (Å²) in [6, 6.07) is 3.68. The van der Waals surface area contributed by atoms with E-state index in [1.54, 1.807) is 6.07 Å². The van der Waals surface area contributed by atoms with E-state index >= 15 is 0 Å². The molecule has 0 atom stereocenters. The molecule has 1 amide bonds. The van der Waals surface area contributed by atoms with Gasteiger partial charge in [-0.3, -0.25) is 9.20 Å². The van der Waals surface area contributed by atoms with Gasteiger partial charge in [0.2, 0.25) is 11.9 Å². The Balaban J connectivity index is 1.51. The van der Waals surface area contributed by atoms with Gasteiger partial charge < -0.3 is 15.0 Å². The molecule has 25 heavy (non-hydrogen) atoms. The Hall–Kier alpha value is -1.86. The molecule has 1 saturated heterocycles. The van der Waals surface area contributed by atoms with E-state index in [9.17, 15) is 4.79 Å². The van der Waals surface area contributed by atoms with Crippen LogP contribution in [0.2, 0.25) is 5.02 Å². The predicted molar refractivity (Wildman–Crippen MR) is 97.1 cm³/mol. The van der Waals surface area contributed by atoms with E-state index < -0.39 is 0 Å². The molecule has 7 nitrogen and oxygen atoms in total. The predicted octanol–water partition coefficient (Wildman–Crippen LogP) is 2.14. The number of hydrogen-bond donors (Lipinski definition) is 1. The van der Waals surface area contributed by atoms with Crippen molar-refractivity contribution in [3.05, 3.63) is 23.4 Å². The Morgan fingerprint density at radius 1 is 1.40 bits per heavy atom. The van der Waals surface area contributed by atoms with Crippen molar-refractivity contribution >= 4 is 29.1 Å². The van der Waals surface area contributed by atoms with Crippen LogP contribution in [0.1, 0.15) is 26.2 Å². The van der Waals surface area contributed by atoms with E-state index in [0.717, 1.165) is 44.9 Å². The maximum absolute atomic E-state index is 12.3. The largest absolute Gasteiger partial charge is 0.382 e. The fraction of sp³-hybridized carbons (Fsp3) is 0.588. The lowest BCUT2D eigenvalue weighted by atomic mass is 9.96. The number of rotatable bonds is 7. The topological polar surface area (TPSA) is 71.8 Å². The molecule has 3 rings (SSSR count). The zero-order valence-electron chi connectivity index (χ0n) is 14.4. The van der Waals surface area contributed by atoms with E-state index in [-0.39, 0.29) is 11.8 Å². The number of piperidine rings is 1. The maximum atomic E-state index is 12.3. The lowest BCUT2D eigenvalue weighted by Gasteiger charge is -2.31. The SMILES string of the molecule is CCOCCCNC(=O)C1CCN(c2nnc3c(Cl)cccn23)CC1. The van der Waals surface area contributed by atoms with Crippen LogP contribution < -0.4 is 10.2 Å². The van der Waals surface area contributed by atoms with Crippen molar-refractivity contribution in [3.8, 4) is 0 Å². The summed E-state index contributed by atoms with van der Waals surface area (Å²) in [5, 5.41) is 12.0. The van der Waals surface area contributed by atoms with Crippen LogP contribution in [0.3, 0.4) is 0 Å². The number of anilines is 1. The lowest BCUT2D eigenvalue weighted by molar-refractivity contribution is -0.125. The summed E-state index contributed by atoms with van der Waals surface area (Å²) in [7, 11) is 0. The molecule has 1 aliphatic rings. The van der Waals surface area contributed by atoms with Crippen LogP contribution in [0, 0.1) is 5.92 Å². The standard InChI is InChI=1S/C17H24ClN5O2/c1-2-25-12-4-8-19-16(24)13-6-10-22(11-7-13)17-21-20-15-14(18)5-3-9-23(15)17/h3,5,9,13H,2,4,6-8,10-12H2,1H3,(H,19,24). The minimum absolute atomic E-state index is 0.0612. The number of nitrogens with zero attached hydrogens (tertiary/aromatic N) is 4. The quantitative estimate of drug-likeness (QED) is 0.761. The van der Waals surface area contributed by atoms with Crippen LogP contribution in [0.5, 0.6) is 0 Å². The highest BCUT2D eigenvalue weighted by Crippen LogP contribution is 2.24. The highest BCUT2D eigenvalue weighted by atomic mass is 35.5. The highest BCUT2D eigenvalue weighted by molar-refractivity contribution is 6.33. The molecule has 3 heterocycles. The van der Waals surface area contributed by atoms with Crippen LogP contribution in [0.4, 0.5) is 5.95 Å². The number of fused-ring (bicyclic) bond motifs is 1. The second-order valence-corrected chi connectivity index (χ2v) is 6.56. The van der Waals surface area contributed by atoms with Crippen molar-refractivity contribution in [2.75, 3.05) is 37.7 Å². The van der Waals surface area contributed by atoms with E-state index in [1.165, 1.54) is 0 Å². The number of amides is 1. The number of carbonyl (C=O) groups is 1. The molecule has 8 heteroatoms. The summed E-state index contributed by atoms with van der Waals surface area (Å²) in [6.45, 7) is 5.62. The molecule has 1 fully saturated rings. The van der Waals surface area contributed by atoms with Crippen molar-refractivity contribution in [1.82, 2.24) is 19.9 Å². The Morgan fingerprint density at radius 2 is 2.20 bits per heavy atom. The zero-order valence-corrected chi connectivity index (χ0v) is 15.2. The second-order valence-electron chi connectivity index (χ2n) is 6.15. The van der Waals surface area contributed by atoms with Crippen LogP contribution >= 0.6 is 11.6 Å². The molecule has 1 aliphatic heterocycles. The second kappa shape index (κ2) is 8.49. The Bertz CT molecular complexity index is 712. The molecule has 2 aromatic rings. The van der Waals surface area contributed by atoms with E-state index in [0.29, 0.717) is 23.8 Å². The van der Waals surface area contributed by atoms with Gasteiger partial charge in [0, 0.05) is 45.0 Å². The van der Waals surface area contributed by atoms with Gasteiger partial charge >= 0.3 is 0 Å². The first kappa shape index (κ1) is 17.9. The van der Waals surface area contributed by atoms with Crippen LogP contribution in [-0.4, -0.2) is 53.4 Å². The fourth-order valence-electron chi connectivity index (χ4n) is 3.10. The van der Waals surface area contributed by atoms with Crippen molar-refractivity contribution in [3.63, 3.8) is 0 Å². The number of nitrogens with one attached hydrogen (secondary N) is 1. The van der Waals surface area contributed by atoms with E-state index in [2.05, 4.69) is 20.4 Å². The summed E-state index contributed by atoms with van der Waals surface area (Å²) in [5.41, 5.74) is 0.660. The summed E-state index contributed by atoms with van der Waals surface area (Å²) in [4.78, 5) is 14.4. The third-order valence-electron chi connectivity index (χ3n) is 4.49. The Morgan fingerprint density at radius 3 is 2.96 bits per heavy atom. The molecule has 1 N–H and O–H groups in total. The molecular formula is C17H24ClN5O2. The lowest BCUT2D eigenvalue weighted by Crippen LogP contribution is -2.41. The molecule has 0 radical (unpaired) electrons. The van der Waals surface area contributed by atoms with Crippen molar-refractivity contribution in [2.45, 2.75) is 26.2 Å². The van der Waals surface area contributed by atoms with Gasteiger partial charge in [-0.15, -0.1) is 10.2 Å². The van der Waals surface area contributed by atoms with Gasteiger partial charge in [-0.25, -0.2) is 0 Å². The smallest absolute Gasteiger partial charge is 0.231 e. The molecule has 0 aromatic carbocycles. The van der Waals surface area contributed by atoms with Crippen molar-refractivity contribution in [1.29, 1.82) is 0 Å². The van der Waals surface area contributed by atoms with Gasteiger partial charge in [0.25, 0.3) is 0 Å². The average molecular weight is 366 g/mol. The fourth-order valence-corrected chi connectivity index (χ4v) is 3.30. The zero-order chi connectivity index (χ0) is 17.6. The maximum Gasteiger partial charge on any atom is 0.231 e. The number of halogens is 1. The van der Waals surface area contributed by atoms with E-state index in [1.807, 2.05) is 23.6 Å². The van der Waals surface area contributed by atoms with Gasteiger partial charge in [-0.2, -0.15) is 0 Å². The summed E-state index contributed by atoms with van der Waals surface area (Å²) >= 11 is 6.15. The van der Waals surface area contributed by atoms with Crippen LogP contribution in [-0.2, 0) is 9.53 Å². The van der Waals surface area contributed by atoms with Crippen molar-refractivity contribution < 1.29 is 9.53 Å². The normalized spacial score (nSPS) is 15.7. The summed E-state index contributed by atoms with van der Waals surface area (Å²) < 4.78 is 7.18. The first-order chi connectivity index (χ1) is 12.2. The van der Waals surface area contributed by atoms with Crippen LogP contribution in [0.25, 0.3) is 5.65 Å². The first-order valence-corrected chi connectivity index (χ1v) is 9.18. The molecule has 0 aliphatic carbocycles. The average Bonchev–Trinajstić information content (AvgIpc) is 3.07. The molecular weight excluding hydrogens is 342 g/mol. The molecule has 0 spiro atoms. The number of aromatic nitrogens is 3. The minimum atomic E-state index is 0.0612. The number of pyridine rings is 1. The Labute approximate surface area is 152 Å². The third kappa shape index (κ3) is 4.22. The molecule has 0 saturated carbocycles. The highest BCUT2D eigenvalue weighted by Gasteiger charge is 2.27. The number of hydrogen-bond acceptors (Lipinski definition) is 5. The molecule has 0 bridgehead atoms. The molecule has 2 aromatic heterocycles. The summed E-state index contributed by atoms with van der Waals surface area (Å²) in [5.74, 6) is 0.990. The van der Waals surface area contributed by atoms with Gasteiger partial charge in [0.15, 0.2) is 5.65 Å². The van der Waals surface area contributed by atoms with Crippen LogP contribution in [0.15, 0.2) is 18.3 Å². The summed E-state index contributed by atoms with van der Waals surface area (Å²) in [6.07, 6.45) is 4.39. The van der Waals surface area contributed by atoms with Gasteiger partial charge in [0.1, 0.15) is 0 Å². The minimum Gasteiger partial charge on any atom is -0.382 e.